The zero-order chi connectivity index (χ0) is 13.1. The SMILES string of the molecule is CNCC1CCCN1C(=O)c1c(F)cccc1Cl. The van der Waals surface area contributed by atoms with E-state index >= 15 is 0 Å². The van der Waals surface area contributed by atoms with E-state index in [0.29, 0.717) is 6.54 Å². The molecule has 1 atom stereocenters. The van der Waals surface area contributed by atoms with Crippen LogP contribution in [0.1, 0.15) is 23.2 Å². The molecule has 1 aromatic rings. The van der Waals surface area contributed by atoms with Gasteiger partial charge in [-0.25, -0.2) is 4.39 Å². The van der Waals surface area contributed by atoms with Gasteiger partial charge in [0.25, 0.3) is 5.91 Å². The number of hydrogen-bond donors (Lipinski definition) is 1. The van der Waals surface area contributed by atoms with E-state index in [1.807, 2.05) is 7.05 Å². The van der Waals surface area contributed by atoms with Gasteiger partial charge in [0.1, 0.15) is 5.82 Å². The summed E-state index contributed by atoms with van der Waals surface area (Å²) in [5.74, 6) is -0.863. The van der Waals surface area contributed by atoms with E-state index in [0.717, 1.165) is 19.4 Å². The van der Waals surface area contributed by atoms with E-state index in [9.17, 15) is 9.18 Å². The Bertz CT molecular complexity index is 432. The first-order valence-corrected chi connectivity index (χ1v) is 6.42. The van der Waals surface area contributed by atoms with Crippen molar-refractivity contribution in [1.29, 1.82) is 0 Å². The normalized spacial score (nSPS) is 19.3. The van der Waals surface area contributed by atoms with Gasteiger partial charge in [0.05, 0.1) is 10.6 Å². The van der Waals surface area contributed by atoms with Crippen molar-refractivity contribution in [2.45, 2.75) is 18.9 Å². The van der Waals surface area contributed by atoms with Crippen molar-refractivity contribution in [2.24, 2.45) is 0 Å². The van der Waals surface area contributed by atoms with Gasteiger partial charge in [-0.05, 0) is 32.0 Å². The Kier molecular flexibility index (Phi) is 4.19. The lowest BCUT2D eigenvalue weighted by atomic mass is 10.1. The van der Waals surface area contributed by atoms with Crippen molar-refractivity contribution < 1.29 is 9.18 Å². The molecule has 1 unspecified atom stereocenters. The number of nitrogens with one attached hydrogen (secondary N) is 1. The molecule has 1 amide bonds. The van der Waals surface area contributed by atoms with Gasteiger partial charge < -0.3 is 10.2 Å². The molecule has 1 N–H and O–H groups in total. The van der Waals surface area contributed by atoms with E-state index in [2.05, 4.69) is 5.32 Å². The zero-order valence-corrected chi connectivity index (χ0v) is 11.0. The second-order valence-corrected chi connectivity index (χ2v) is 4.86. The van der Waals surface area contributed by atoms with E-state index in [1.165, 1.54) is 12.1 Å². The third-order valence-corrected chi connectivity index (χ3v) is 3.57. The van der Waals surface area contributed by atoms with Gasteiger partial charge in [0.2, 0.25) is 0 Å². The molecule has 0 spiro atoms. The highest BCUT2D eigenvalue weighted by Gasteiger charge is 2.31. The molecule has 0 radical (unpaired) electrons. The van der Waals surface area contributed by atoms with Gasteiger partial charge in [-0.3, -0.25) is 4.79 Å². The van der Waals surface area contributed by atoms with Crippen LogP contribution >= 0.6 is 11.6 Å². The molecule has 0 aliphatic carbocycles. The molecule has 1 aliphatic rings. The van der Waals surface area contributed by atoms with Gasteiger partial charge in [0, 0.05) is 19.1 Å². The molecule has 0 saturated carbocycles. The summed E-state index contributed by atoms with van der Waals surface area (Å²) >= 11 is 5.92. The van der Waals surface area contributed by atoms with Crippen LogP contribution < -0.4 is 5.32 Å². The first kappa shape index (κ1) is 13.3. The van der Waals surface area contributed by atoms with Crippen LogP contribution in [0.2, 0.25) is 5.02 Å². The lowest BCUT2D eigenvalue weighted by Gasteiger charge is -2.25. The van der Waals surface area contributed by atoms with Crippen LogP contribution in [-0.2, 0) is 0 Å². The van der Waals surface area contributed by atoms with Crippen LogP contribution in [0.4, 0.5) is 4.39 Å². The Hall–Kier alpha value is -1.13. The van der Waals surface area contributed by atoms with Gasteiger partial charge in [-0.15, -0.1) is 0 Å². The number of likely N-dealkylation sites (tertiary alicyclic amines) is 1. The standard InChI is InChI=1S/C13H16ClFN2O/c1-16-8-9-4-3-7-17(9)13(18)12-10(14)5-2-6-11(12)15/h2,5-6,9,16H,3-4,7-8H2,1H3. The molecule has 98 valence electrons. The number of benzene rings is 1. The molecule has 1 fully saturated rings. The smallest absolute Gasteiger partial charge is 0.258 e. The number of rotatable bonds is 3. The number of carbonyl (C=O) groups excluding carboxylic acids is 1. The first-order chi connectivity index (χ1) is 8.65. The minimum absolute atomic E-state index is 0.0119. The first-order valence-electron chi connectivity index (χ1n) is 6.04. The molecule has 3 nitrogen and oxygen atoms in total. The maximum absolute atomic E-state index is 13.7. The summed E-state index contributed by atoms with van der Waals surface area (Å²) in [6.07, 6.45) is 1.89. The average molecular weight is 271 g/mol. The minimum atomic E-state index is -0.553. The number of halogens is 2. The summed E-state index contributed by atoms with van der Waals surface area (Å²) in [7, 11) is 1.84. The molecule has 5 heteroatoms. The molecule has 1 saturated heterocycles. The predicted molar refractivity (Wildman–Crippen MR) is 69.4 cm³/mol. The van der Waals surface area contributed by atoms with E-state index in [1.54, 1.807) is 11.0 Å². The molecule has 0 aromatic heterocycles. The predicted octanol–water partition coefficient (Wildman–Crippen LogP) is 2.30. The van der Waals surface area contributed by atoms with Crippen LogP contribution in [0.5, 0.6) is 0 Å². The monoisotopic (exact) mass is 270 g/mol. The average Bonchev–Trinajstić information content (AvgIpc) is 2.77. The Morgan fingerprint density at radius 3 is 3.06 bits per heavy atom. The van der Waals surface area contributed by atoms with Gasteiger partial charge in [-0.2, -0.15) is 0 Å². The third-order valence-electron chi connectivity index (χ3n) is 3.25. The Morgan fingerprint density at radius 2 is 2.39 bits per heavy atom. The summed E-state index contributed by atoms with van der Waals surface area (Å²) < 4.78 is 13.7. The van der Waals surface area contributed by atoms with Crippen LogP contribution in [-0.4, -0.2) is 37.0 Å². The number of carbonyl (C=O) groups is 1. The molecular formula is C13H16ClFN2O. The molecule has 1 aliphatic heterocycles. The van der Waals surface area contributed by atoms with Crippen LogP contribution in [0, 0.1) is 5.82 Å². The van der Waals surface area contributed by atoms with Gasteiger partial charge in [-0.1, -0.05) is 17.7 Å². The minimum Gasteiger partial charge on any atom is -0.334 e. The highest BCUT2D eigenvalue weighted by Crippen LogP contribution is 2.25. The fraction of sp³-hybridized carbons (Fsp3) is 0.462. The number of amides is 1. The van der Waals surface area contributed by atoms with E-state index in [4.69, 9.17) is 11.6 Å². The summed E-state index contributed by atoms with van der Waals surface area (Å²) in [5, 5.41) is 3.23. The topological polar surface area (TPSA) is 32.3 Å². The highest BCUT2D eigenvalue weighted by atomic mass is 35.5. The molecule has 0 bridgehead atoms. The highest BCUT2D eigenvalue weighted by molar-refractivity contribution is 6.33. The van der Waals surface area contributed by atoms with E-state index in [-0.39, 0.29) is 22.5 Å². The van der Waals surface area contributed by atoms with Crippen LogP contribution in [0.25, 0.3) is 0 Å². The van der Waals surface area contributed by atoms with Crippen LogP contribution in [0.15, 0.2) is 18.2 Å². The lowest BCUT2D eigenvalue weighted by Crippen LogP contribution is -2.41. The van der Waals surface area contributed by atoms with E-state index < -0.39 is 5.82 Å². The van der Waals surface area contributed by atoms with Crippen molar-refractivity contribution in [3.63, 3.8) is 0 Å². The largest absolute Gasteiger partial charge is 0.334 e. The number of nitrogens with zero attached hydrogens (tertiary/aromatic N) is 1. The van der Waals surface area contributed by atoms with Crippen LogP contribution in [0.3, 0.4) is 0 Å². The Morgan fingerprint density at radius 1 is 1.61 bits per heavy atom. The van der Waals surface area contributed by atoms with Crippen molar-refractivity contribution in [3.8, 4) is 0 Å². The second-order valence-electron chi connectivity index (χ2n) is 4.45. The third kappa shape index (κ3) is 2.49. The summed E-state index contributed by atoms with van der Waals surface area (Å²) in [6.45, 7) is 1.38. The number of likely N-dealkylation sites (N-methyl/N-ethyl adjacent to an activating group) is 1. The van der Waals surface area contributed by atoms with Crippen molar-refractivity contribution in [1.82, 2.24) is 10.2 Å². The quantitative estimate of drug-likeness (QED) is 0.914. The second kappa shape index (κ2) is 5.67. The molecule has 18 heavy (non-hydrogen) atoms. The Balaban J connectivity index is 2.25. The fourth-order valence-electron chi connectivity index (χ4n) is 2.40. The fourth-order valence-corrected chi connectivity index (χ4v) is 2.64. The van der Waals surface area contributed by atoms with Gasteiger partial charge in [0.15, 0.2) is 0 Å². The van der Waals surface area contributed by atoms with Gasteiger partial charge >= 0.3 is 0 Å². The summed E-state index contributed by atoms with van der Waals surface area (Å²) in [5.41, 5.74) is -0.0119. The zero-order valence-electron chi connectivity index (χ0n) is 10.2. The van der Waals surface area contributed by atoms with Crippen molar-refractivity contribution >= 4 is 17.5 Å². The van der Waals surface area contributed by atoms with Crippen molar-refractivity contribution in [2.75, 3.05) is 20.1 Å². The lowest BCUT2D eigenvalue weighted by molar-refractivity contribution is 0.0732. The molecular weight excluding hydrogens is 255 g/mol. The Labute approximate surface area is 111 Å². The molecule has 1 aromatic carbocycles. The maximum Gasteiger partial charge on any atom is 0.258 e. The summed E-state index contributed by atoms with van der Waals surface area (Å²) in [6, 6.07) is 4.44. The number of hydrogen-bond acceptors (Lipinski definition) is 2. The molecule has 1 heterocycles. The summed E-state index contributed by atoms with van der Waals surface area (Å²) in [4.78, 5) is 14.1. The maximum atomic E-state index is 13.7. The van der Waals surface area contributed by atoms with Crippen molar-refractivity contribution in [3.05, 3.63) is 34.6 Å². The molecule has 2 rings (SSSR count).